The Hall–Kier alpha value is -1.88. The van der Waals surface area contributed by atoms with Crippen LogP contribution in [0.2, 0.25) is 0 Å². The van der Waals surface area contributed by atoms with E-state index in [1.54, 1.807) is 7.11 Å². The molecular weight excluding hydrogens is 230 g/mol. The molecule has 1 aromatic heterocycles. The summed E-state index contributed by atoms with van der Waals surface area (Å²) in [5.74, 6) is 1.77. The lowest BCUT2D eigenvalue weighted by molar-refractivity contribution is 0.348. The minimum Gasteiger partial charge on any atom is -0.496 e. The predicted octanol–water partition coefficient (Wildman–Crippen LogP) is 2.02. The molecule has 2 rings (SSSR count). The van der Waals surface area contributed by atoms with Gasteiger partial charge in [0.05, 0.1) is 12.7 Å². The van der Waals surface area contributed by atoms with Gasteiger partial charge in [-0.25, -0.2) is 0 Å². The van der Waals surface area contributed by atoms with E-state index in [0.29, 0.717) is 18.1 Å². The Labute approximate surface area is 106 Å². The zero-order chi connectivity index (χ0) is 13.2. The van der Waals surface area contributed by atoms with Gasteiger partial charge in [0, 0.05) is 12.0 Å². The Kier molecular flexibility index (Phi) is 3.34. The van der Waals surface area contributed by atoms with Gasteiger partial charge >= 0.3 is 0 Å². The molecule has 2 aromatic rings. The maximum absolute atomic E-state index is 5.92. The first-order valence-electron chi connectivity index (χ1n) is 5.74. The average molecular weight is 247 g/mol. The number of para-hydroxylation sites is 1. The van der Waals surface area contributed by atoms with Gasteiger partial charge in [0.15, 0.2) is 0 Å². The van der Waals surface area contributed by atoms with E-state index in [9.17, 15) is 0 Å². The maximum atomic E-state index is 5.92. The third kappa shape index (κ3) is 2.87. The van der Waals surface area contributed by atoms with E-state index in [0.717, 1.165) is 11.3 Å². The molecule has 0 saturated heterocycles. The van der Waals surface area contributed by atoms with Crippen molar-refractivity contribution in [2.24, 2.45) is 5.73 Å². The summed E-state index contributed by atoms with van der Waals surface area (Å²) in [6.45, 7) is 3.83. The maximum Gasteiger partial charge on any atom is 0.228 e. The molecule has 0 spiro atoms. The zero-order valence-corrected chi connectivity index (χ0v) is 10.8. The molecule has 0 aliphatic rings. The second kappa shape index (κ2) is 4.78. The molecule has 0 aliphatic carbocycles. The molecule has 0 bridgehead atoms. The van der Waals surface area contributed by atoms with Gasteiger partial charge in [-0.3, -0.25) is 0 Å². The fraction of sp³-hybridized carbons (Fsp3) is 0.385. The molecule has 0 saturated carbocycles. The summed E-state index contributed by atoms with van der Waals surface area (Å²) in [6.07, 6.45) is 0.537. The standard InChI is InChI=1S/C13H17N3O2/c1-13(2,14)8-11-15-12(16-18-11)9-6-4-5-7-10(9)17-3/h4-7H,8,14H2,1-3H3. The van der Waals surface area contributed by atoms with Crippen molar-refractivity contribution in [1.82, 2.24) is 10.1 Å². The van der Waals surface area contributed by atoms with Crippen molar-refractivity contribution in [2.45, 2.75) is 25.8 Å². The lowest BCUT2D eigenvalue weighted by Crippen LogP contribution is -2.34. The molecule has 0 fully saturated rings. The van der Waals surface area contributed by atoms with Crippen LogP contribution in [0, 0.1) is 0 Å². The monoisotopic (exact) mass is 247 g/mol. The Morgan fingerprint density at radius 1 is 1.33 bits per heavy atom. The minimum atomic E-state index is -0.370. The van der Waals surface area contributed by atoms with Gasteiger partial charge in [-0.05, 0) is 26.0 Å². The van der Waals surface area contributed by atoms with Gasteiger partial charge in [0.1, 0.15) is 5.75 Å². The van der Waals surface area contributed by atoms with Crippen LogP contribution in [-0.2, 0) is 6.42 Å². The summed E-state index contributed by atoms with van der Waals surface area (Å²) >= 11 is 0. The van der Waals surface area contributed by atoms with E-state index in [1.807, 2.05) is 38.1 Å². The van der Waals surface area contributed by atoms with Gasteiger partial charge in [-0.15, -0.1) is 0 Å². The summed E-state index contributed by atoms with van der Waals surface area (Å²) in [6, 6.07) is 7.55. The van der Waals surface area contributed by atoms with E-state index in [1.165, 1.54) is 0 Å². The topological polar surface area (TPSA) is 74.2 Å². The minimum absolute atomic E-state index is 0.370. The van der Waals surface area contributed by atoms with Crippen molar-refractivity contribution in [3.05, 3.63) is 30.2 Å². The summed E-state index contributed by atoms with van der Waals surface area (Å²) in [5, 5.41) is 3.96. The molecular formula is C13H17N3O2. The van der Waals surface area contributed by atoms with Crippen LogP contribution in [0.5, 0.6) is 5.75 Å². The lowest BCUT2D eigenvalue weighted by Gasteiger charge is -2.14. The van der Waals surface area contributed by atoms with Crippen molar-refractivity contribution < 1.29 is 9.26 Å². The number of nitrogens with two attached hydrogens (primary N) is 1. The fourth-order valence-corrected chi connectivity index (χ4v) is 1.66. The second-order valence-electron chi connectivity index (χ2n) is 4.88. The van der Waals surface area contributed by atoms with E-state index in [4.69, 9.17) is 15.0 Å². The normalized spacial score (nSPS) is 11.6. The third-order valence-corrected chi connectivity index (χ3v) is 2.42. The van der Waals surface area contributed by atoms with Crippen molar-refractivity contribution in [3.63, 3.8) is 0 Å². The van der Waals surface area contributed by atoms with Crippen molar-refractivity contribution in [3.8, 4) is 17.1 Å². The quantitative estimate of drug-likeness (QED) is 0.894. The van der Waals surface area contributed by atoms with Crippen molar-refractivity contribution >= 4 is 0 Å². The molecule has 0 radical (unpaired) electrons. The number of benzene rings is 1. The van der Waals surface area contributed by atoms with E-state index in [2.05, 4.69) is 10.1 Å². The first-order chi connectivity index (χ1) is 8.49. The molecule has 0 atom stereocenters. The smallest absolute Gasteiger partial charge is 0.228 e. The number of hydrogen-bond donors (Lipinski definition) is 1. The zero-order valence-electron chi connectivity index (χ0n) is 10.8. The largest absolute Gasteiger partial charge is 0.496 e. The van der Waals surface area contributed by atoms with Crippen molar-refractivity contribution in [1.29, 1.82) is 0 Å². The van der Waals surface area contributed by atoms with Gasteiger partial charge < -0.3 is 15.0 Å². The fourth-order valence-electron chi connectivity index (χ4n) is 1.66. The van der Waals surface area contributed by atoms with Gasteiger partial charge in [-0.1, -0.05) is 17.3 Å². The average Bonchev–Trinajstić information content (AvgIpc) is 2.75. The third-order valence-electron chi connectivity index (χ3n) is 2.42. The number of aromatic nitrogens is 2. The van der Waals surface area contributed by atoms with Crippen molar-refractivity contribution in [2.75, 3.05) is 7.11 Å². The van der Waals surface area contributed by atoms with E-state index < -0.39 is 0 Å². The first kappa shape index (κ1) is 12.6. The Morgan fingerprint density at radius 2 is 2.06 bits per heavy atom. The molecule has 2 N–H and O–H groups in total. The molecule has 18 heavy (non-hydrogen) atoms. The Balaban J connectivity index is 2.29. The molecule has 5 heteroatoms. The molecule has 1 heterocycles. The van der Waals surface area contributed by atoms with Crippen LogP contribution in [0.4, 0.5) is 0 Å². The molecule has 0 amide bonds. The van der Waals surface area contributed by atoms with Crippen LogP contribution >= 0.6 is 0 Å². The highest BCUT2D eigenvalue weighted by molar-refractivity contribution is 5.63. The molecule has 96 valence electrons. The molecule has 0 unspecified atom stereocenters. The summed E-state index contributed by atoms with van der Waals surface area (Å²) in [5.41, 5.74) is 6.36. The van der Waals surface area contributed by atoms with Crippen LogP contribution in [0.3, 0.4) is 0 Å². The van der Waals surface area contributed by atoms with Gasteiger partial charge in [0.2, 0.25) is 11.7 Å². The highest BCUT2D eigenvalue weighted by Crippen LogP contribution is 2.27. The number of methoxy groups -OCH3 is 1. The SMILES string of the molecule is COc1ccccc1-c1noc(CC(C)(C)N)n1. The lowest BCUT2D eigenvalue weighted by atomic mass is 10.0. The second-order valence-corrected chi connectivity index (χ2v) is 4.88. The summed E-state index contributed by atoms with van der Waals surface area (Å²) < 4.78 is 10.5. The van der Waals surface area contributed by atoms with Crippen LogP contribution in [-0.4, -0.2) is 22.8 Å². The van der Waals surface area contributed by atoms with Crippen LogP contribution in [0.1, 0.15) is 19.7 Å². The highest BCUT2D eigenvalue weighted by atomic mass is 16.5. The number of rotatable bonds is 4. The summed E-state index contributed by atoms with van der Waals surface area (Å²) in [4.78, 5) is 4.34. The number of nitrogens with zero attached hydrogens (tertiary/aromatic N) is 2. The highest BCUT2D eigenvalue weighted by Gasteiger charge is 2.18. The Bertz CT molecular complexity index is 529. The number of hydrogen-bond acceptors (Lipinski definition) is 5. The molecule has 5 nitrogen and oxygen atoms in total. The van der Waals surface area contributed by atoms with Crippen LogP contribution in [0.15, 0.2) is 28.8 Å². The number of ether oxygens (including phenoxy) is 1. The van der Waals surface area contributed by atoms with E-state index in [-0.39, 0.29) is 5.54 Å². The first-order valence-corrected chi connectivity index (χ1v) is 5.74. The van der Waals surface area contributed by atoms with Gasteiger partial charge in [-0.2, -0.15) is 4.98 Å². The van der Waals surface area contributed by atoms with E-state index >= 15 is 0 Å². The molecule has 0 aliphatic heterocycles. The Morgan fingerprint density at radius 3 is 2.72 bits per heavy atom. The molecule has 1 aromatic carbocycles. The van der Waals surface area contributed by atoms with Crippen LogP contribution in [0.25, 0.3) is 11.4 Å². The predicted molar refractivity (Wildman–Crippen MR) is 68.3 cm³/mol. The van der Waals surface area contributed by atoms with Crippen LogP contribution < -0.4 is 10.5 Å². The van der Waals surface area contributed by atoms with Gasteiger partial charge in [0.25, 0.3) is 0 Å². The summed E-state index contributed by atoms with van der Waals surface area (Å²) in [7, 11) is 1.61.